The zero-order valence-corrected chi connectivity index (χ0v) is 14.5. The lowest BCUT2D eigenvalue weighted by Crippen LogP contribution is -2.48. The number of hydroxylamine groups is 2. The van der Waals surface area contributed by atoms with Crippen LogP contribution in [0.3, 0.4) is 0 Å². The quantitative estimate of drug-likeness (QED) is 0.706. The Balaban J connectivity index is 1.63. The Morgan fingerprint density at radius 3 is 2.36 bits per heavy atom. The monoisotopic (exact) mass is 332 g/mol. The number of piperazine rings is 1. The van der Waals surface area contributed by atoms with Crippen molar-refractivity contribution >= 4 is 16.8 Å². The zero-order valence-electron chi connectivity index (χ0n) is 13.7. The molecule has 0 radical (unpaired) electrons. The molecule has 2 rings (SSSR count). The first-order chi connectivity index (χ1) is 10.4. The minimum Gasteiger partial charge on any atom is -0.389 e. The van der Waals surface area contributed by atoms with Crippen molar-refractivity contribution in [2.75, 3.05) is 59.5 Å². The summed E-state index contributed by atoms with van der Waals surface area (Å²) in [5.74, 6) is 0. The van der Waals surface area contributed by atoms with Crippen LogP contribution in [0.15, 0.2) is 0 Å². The third-order valence-electron chi connectivity index (χ3n) is 4.87. The van der Waals surface area contributed by atoms with E-state index >= 15 is 0 Å². The number of halogens is 1. The van der Waals surface area contributed by atoms with Gasteiger partial charge in [-0.3, -0.25) is 15.1 Å². The lowest BCUT2D eigenvalue weighted by molar-refractivity contribution is -0.195. The topological polar surface area (TPSA) is 63.0 Å². The molecule has 0 spiro atoms. The minimum absolute atomic E-state index is 0.208. The van der Waals surface area contributed by atoms with E-state index in [1.165, 1.54) is 0 Å². The number of nitrogens with zero attached hydrogens (tertiary/aromatic N) is 3. The molecule has 0 saturated carbocycles. The number of piperidine rings is 1. The Morgan fingerprint density at radius 1 is 1.23 bits per heavy atom. The Morgan fingerprint density at radius 2 is 1.82 bits per heavy atom. The predicted octanol–water partition coefficient (Wildman–Crippen LogP) is 0.844. The average molecular weight is 333 g/mol. The molecule has 2 fully saturated rings. The molecule has 1 unspecified atom stereocenters. The van der Waals surface area contributed by atoms with Gasteiger partial charge in [-0.2, -0.15) is 5.06 Å². The highest BCUT2D eigenvalue weighted by Gasteiger charge is 2.33. The number of likely N-dealkylation sites (N-methyl/N-ethyl adjacent to an activating group) is 1. The molecule has 1 atom stereocenters. The summed E-state index contributed by atoms with van der Waals surface area (Å²) in [6, 6.07) is 0. The van der Waals surface area contributed by atoms with Gasteiger partial charge in [0.2, 0.25) is 0 Å². The molecule has 6 nitrogen and oxygen atoms in total. The average Bonchev–Trinajstić information content (AvgIpc) is 2.49. The number of hydrogen-bond acceptors (Lipinski definition) is 6. The van der Waals surface area contributed by atoms with Crippen LogP contribution in [0.1, 0.15) is 19.8 Å². The minimum atomic E-state index is -0.456. The largest absolute Gasteiger partial charge is 0.389 e. The summed E-state index contributed by atoms with van der Waals surface area (Å²) in [5.41, 5.74) is -0.208. The fourth-order valence-electron chi connectivity index (χ4n) is 2.90. The van der Waals surface area contributed by atoms with E-state index in [0.717, 1.165) is 52.1 Å². The van der Waals surface area contributed by atoms with Gasteiger partial charge >= 0.3 is 0 Å². The molecule has 0 bridgehead atoms. The van der Waals surface area contributed by atoms with Gasteiger partial charge < -0.3 is 10.0 Å². The van der Waals surface area contributed by atoms with Gasteiger partial charge in [0.1, 0.15) is 5.17 Å². The zero-order chi connectivity index (χ0) is 16.2. The van der Waals surface area contributed by atoms with Gasteiger partial charge in [0.15, 0.2) is 0 Å². The maximum atomic E-state index is 10.1. The number of aliphatic hydroxyl groups is 1. The summed E-state index contributed by atoms with van der Waals surface area (Å²) >= 11 is 5.87. The highest BCUT2D eigenvalue weighted by atomic mass is 35.5. The van der Waals surface area contributed by atoms with Crippen LogP contribution in [-0.4, -0.2) is 90.7 Å². The van der Waals surface area contributed by atoms with Gasteiger partial charge in [0, 0.05) is 51.2 Å². The van der Waals surface area contributed by atoms with E-state index in [1.807, 2.05) is 12.0 Å². The predicted molar refractivity (Wildman–Crippen MR) is 88.4 cm³/mol. The van der Waals surface area contributed by atoms with Crippen LogP contribution in [0, 0.1) is 10.8 Å². The molecule has 7 heteroatoms. The molecule has 2 heterocycles. The van der Waals surface area contributed by atoms with Crippen molar-refractivity contribution in [3.8, 4) is 0 Å². The first-order valence-electron chi connectivity index (χ1n) is 8.10. The van der Waals surface area contributed by atoms with Gasteiger partial charge in [-0.15, -0.1) is 0 Å². The van der Waals surface area contributed by atoms with Gasteiger partial charge in [-0.25, -0.2) is 0 Å². The van der Waals surface area contributed by atoms with Crippen molar-refractivity contribution in [1.29, 1.82) is 5.41 Å². The third kappa shape index (κ3) is 5.15. The number of hydrogen-bond donors (Lipinski definition) is 2. The molecule has 0 amide bonds. The van der Waals surface area contributed by atoms with Crippen LogP contribution in [0.2, 0.25) is 0 Å². The summed E-state index contributed by atoms with van der Waals surface area (Å²) in [7, 11) is 2.13. The second kappa shape index (κ2) is 8.04. The maximum absolute atomic E-state index is 10.1. The number of β-amino-alcohol motifs (C(OH)–C–C–N with tert-alkyl or cyclic N) is 1. The van der Waals surface area contributed by atoms with Gasteiger partial charge in [-0.05, 0) is 19.9 Å². The summed E-state index contributed by atoms with van der Waals surface area (Å²) in [4.78, 5) is 10.3. The van der Waals surface area contributed by atoms with Crippen LogP contribution in [0.25, 0.3) is 0 Å². The highest BCUT2D eigenvalue weighted by Crippen LogP contribution is 2.33. The second-order valence-electron chi connectivity index (χ2n) is 6.86. The number of rotatable bonds is 6. The first kappa shape index (κ1) is 18.1. The van der Waals surface area contributed by atoms with E-state index in [0.29, 0.717) is 13.2 Å². The molecule has 0 aromatic rings. The van der Waals surface area contributed by atoms with Crippen molar-refractivity contribution in [1.82, 2.24) is 14.9 Å². The Labute approximate surface area is 138 Å². The summed E-state index contributed by atoms with van der Waals surface area (Å²) < 4.78 is 0. The standard InChI is InChI=1S/C15H29ClN4O2/c1-15(14(16)17)3-5-20(6-4-15)22-12-13(21)11-19-9-7-18(2)8-10-19/h13,17,21H,3-12H2,1-2H3. The van der Waals surface area contributed by atoms with Crippen LogP contribution < -0.4 is 0 Å². The lowest BCUT2D eigenvalue weighted by atomic mass is 9.82. The lowest BCUT2D eigenvalue weighted by Gasteiger charge is -2.38. The summed E-state index contributed by atoms with van der Waals surface area (Å²) in [5, 5.41) is 19.9. The van der Waals surface area contributed by atoms with Crippen molar-refractivity contribution in [2.24, 2.45) is 5.41 Å². The smallest absolute Gasteiger partial charge is 0.103 e. The summed E-state index contributed by atoms with van der Waals surface area (Å²) in [6.45, 7) is 8.68. The normalized spacial score (nSPS) is 26.0. The van der Waals surface area contributed by atoms with Crippen molar-refractivity contribution in [3.63, 3.8) is 0 Å². The Kier molecular flexibility index (Phi) is 6.61. The van der Waals surface area contributed by atoms with E-state index in [2.05, 4.69) is 16.8 Å². The molecule has 2 aliphatic heterocycles. The molecule has 22 heavy (non-hydrogen) atoms. The maximum Gasteiger partial charge on any atom is 0.103 e. The highest BCUT2D eigenvalue weighted by molar-refractivity contribution is 6.65. The molecular formula is C15H29ClN4O2. The van der Waals surface area contributed by atoms with Crippen LogP contribution >= 0.6 is 11.6 Å². The third-order valence-corrected chi connectivity index (χ3v) is 5.33. The van der Waals surface area contributed by atoms with E-state index in [1.54, 1.807) is 0 Å². The molecule has 2 saturated heterocycles. The fraction of sp³-hybridized carbons (Fsp3) is 0.933. The number of nitrogens with one attached hydrogen (secondary N) is 1. The van der Waals surface area contributed by atoms with Gasteiger partial charge in [-0.1, -0.05) is 18.5 Å². The van der Waals surface area contributed by atoms with E-state index in [-0.39, 0.29) is 10.6 Å². The summed E-state index contributed by atoms with van der Waals surface area (Å²) in [6.07, 6.45) is 1.19. The van der Waals surface area contributed by atoms with Crippen molar-refractivity contribution in [2.45, 2.75) is 25.9 Å². The fourth-order valence-corrected chi connectivity index (χ4v) is 3.09. The van der Waals surface area contributed by atoms with E-state index < -0.39 is 6.10 Å². The van der Waals surface area contributed by atoms with Crippen LogP contribution in [0.4, 0.5) is 0 Å². The SMILES string of the molecule is CN1CCN(CC(O)CON2CCC(C)(C(=N)Cl)CC2)CC1. The van der Waals surface area contributed by atoms with Crippen molar-refractivity contribution in [3.05, 3.63) is 0 Å². The molecule has 2 N–H and O–H groups in total. The molecule has 0 aromatic heterocycles. The van der Waals surface area contributed by atoms with Gasteiger partial charge in [0.05, 0.1) is 12.7 Å². The first-order valence-corrected chi connectivity index (χ1v) is 8.48. The number of aliphatic hydroxyl groups excluding tert-OH is 1. The Hall–Kier alpha value is -0.240. The Bertz CT molecular complexity index is 367. The van der Waals surface area contributed by atoms with Gasteiger partial charge in [0.25, 0.3) is 0 Å². The molecule has 0 aromatic carbocycles. The van der Waals surface area contributed by atoms with Crippen molar-refractivity contribution < 1.29 is 9.94 Å². The van der Waals surface area contributed by atoms with E-state index in [9.17, 15) is 5.11 Å². The molecule has 128 valence electrons. The van der Waals surface area contributed by atoms with E-state index in [4.69, 9.17) is 21.8 Å². The molecule has 0 aliphatic carbocycles. The van der Waals surface area contributed by atoms with Crippen LogP contribution in [0.5, 0.6) is 0 Å². The molecule has 2 aliphatic rings. The van der Waals surface area contributed by atoms with Crippen LogP contribution in [-0.2, 0) is 4.84 Å². The molecular weight excluding hydrogens is 304 g/mol. The second-order valence-corrected chi connectivity index (χ2v) is 7.24.